The number of thiazole rings is 1. The fraction of sp³-hybridized carbons (Fsp3) is 0. The van der Waals surface area contributed by atoms with E-state index in [1.807, 2.05) is 12.1 Å². The summed E-state index contributed by atoms with van der Waals surface area (Å²) in [5.74, 6) is 0.415. The third kappa shape index (κ3) is 2.83. The molecule has 4 rings (SSSR count). The van der Waals surface area contributed by atoms with Gasteiger partial charge in [0.1, 0.15) is 0 Å². The maximum atomic E-state index is 12.8. The molecule has 2 aromatic heterocycles. The van der Waals surface area contributed by atoms with E-state index >= 15 is 0 Å². The van der Waals surface area contributed by atoms with Crippen molar-refractivity contribution in [3.63, 3.8) is 0 Å². The Morgan fingerprint density at radius 3 is 2.52 bits per heavy atom. The van der Waals surface area contributed by atoms with E-state index < -0.39 is 0 Å². The highest BCUT2D eigenvalue weighted by Crippen LogP contribution is 2.27. The first-order chi connectivity index (χ1) is 12.1. The Morgan fingerprint density at radius 1 is 0.960 bits per heavy atom. The maximum absolute atomic E-state index is 12.8. The van der Waals surface area contributed by atoms with Crippen LogP contribution in [-0.2, 0) is 0 Å². The van der Waals surface area contributed by atoms with E-state index in [0.29, 0.717) is 41.5 Å². The fourth-order valence-corrected chi connectivity index (χ4v) is 3.94. The number of halogens is 3. The van der Waals surface area contributed by atoms with Crippen LogP contribution in [0.3, 0.4) is 0 Å². The highest BCUT2D eigenvalue weighted by Gasteiger charge is 2.16. The number of hydrogen-bond donors (Lipinski definition) is 0. The van der Waals surface area contributed by atoms with Crippen LogP contribution in [0.25, 0.3) is 22.4 Å². The van der Waals surface area contributed by atoms with Crippen molar-refractivity contribution in [3.8, 4) is 11.4 Å². The molecule has 4 aromatic rings. The number of fused-ring (bicyclic) bond motifs is 1. The molecule has 0 saturated heterocycles. The van der Waals surface area contributed by atoms with Gasteiger partial charge in [-0.05, 0) is 29.8 Å². The van der Waals surface area contributed by atoms with Crippen LogP contribution in [0.15, 0.2) is 47.3 Å². The predicted molar refractivity (Wildman–Crippen MR) is 103 cm³/mol. The van der Waals surface area contributed by atoms with E-state index in [1.54, 1.807) is 36.4 Å². The molecular formula is C17H8Cl3N3OS. The molecule has 0 atom stereocenters. The monoisotopic (exact) mass is 407 g/mol. The summed E-state index contributed by atoms with van der Waals surface area (Å²) in [4.78, 5) is 13.3. The summed E-state index contributed by atoms with van der Waals surface area (Å²) in [6.07, 6.45) is 1.70. The zero-order valence-electron chi connectivity index (χ0n) is 12.4. The van der Waals surface area contributed by atoms with Crippen molar-refractivity contribution in [2.24, 2.45) is 0 Å². The van der Waals surface area contributed by atoms with Gasteiger partial charge < -0.3 is 0 Å². The Morgan fingerprint density at radius 2 is 1.72 bits per heavy atom. The smallest absolute Gasteiger partial charge is 0.267 e. The van der Waals surface area contributed by atoms with E-state index in [-0.39, 0.29) is 5.56 Å². The molecule has 124 valence electrons. The van der Waals surface area contributed by atoms with Crippen molar-refractivity contribution in [1.82, 2.24) is 14.6 Å². The maximum Gasteiger partial charge on any atom is 0.276 e. The average Bonchev–Trinajstić information content (AvgIpc) is 3.13. The Labute approximate surface area is 160 Å². The highest BCUT2D eigenvalue weighted by molar-refractivity contribution is 7.15. The minimum Gasteiger partial charge on any atom is -0.267 e. The molecule has 8 heteroatoms. The lowest BCUT2D eigenvalue weighted by atomic mass is 10.2. The Hall–Kier alpha value is -1.92. The second kappa shape index (κ2) is 6.42. The predicted octanol–water partition coefficient (Wildman–Crippen LogP) is 4.33. The van der Waals surface area contributed by atoms with Crippen molar-refractivity contribution < 1.29 is 0 Å². The SMILES string of the molecule is O=c1/c(=C/c2cccc(Cl)c2Cl)sc2nnc(-c3ccccc3Cl)n12. The topological polar surface area (TPSA) is 47.3 Å². The van der Waals surface area contributed by atoms with Crippen LogP contribution >= 0.6 is 46.1 Å². The van der Waals surface area contributed by atoms with Gasteiger partial charge in [0, 0.05) is 5.56 Å². The molecule has 0 N–H and O–H groups in total. The van der Waals surface area contributed by atoms with Crippen LogP contribution in [0, 0.1) is 0 Å². The Kier molecular flexibility index (Phi) is 4.25. The van der Waals surface area contributed by atoms with E-state index in [2.05, 4.69) is 10.2 Å². The number of benzene rings is 2. The summed E-state index contributed by atoms with van der Waals surface area (Å²) < 4.78 is 1.94. The van der Waals surface area contributed by atoms with Crippen molar-refractivity contribution in [2.75, 3.05) is 0 Å². The van der Waals surface area contributed by atoms with Gasteiger partial charge in [-0.2, -0.15) is 0 Å². The summed E-state index contributed by atoms with van der Waals surface area (Å²) >= 11 is 19.7. The quantitative estimate of drug-likeness (QED) is 0.496. The molecule has 0 saturated carbocycles. The van der Waals surface area contributed by atoms with Gasteiger partial charge in [-0.15, -0.1) is 10.2 Å². The van der Waals surface area contributed by atoms with Crippen LogP contribution in [0.1, 0.15) is 5.56 Å². The molecule has 0 bridgehead atoms. The first-order valence-electron chi connectivity index (χ1n) is 7.15. The molecule has 4 nitrogen and oxygen atoms in total. The lowest BCUT2D eigenvalue weighted by Crippen LogP contribution is -2.23. The van der Waals surface area contributed by atoms with E-state index in [9.17, 15) is 4.79 Å². The molecule has 0 aliphatic rings. The lowest BCUT2D eigenvalue weighted by molar-refractivity contribution is 1.09. The average molecular weight is 409 g/mol. The summed E-state index contributed by atoms with van der Waals surface area (Å²) in [5.41, 5.74) is 1.10. The minimum absolute atomic E-state index is 0.226. The normalized spacial score (nSPS) is 12.2. The van der Waals surface area contributed by atoms with Crippen molar-refractivity contribution in [3.05, 3.63) is 78.0 Å². The largest absolute Gasteiger partial charge is 0.276 e. The van der Waals surface area contributed by atoms with Gasteiger partial charge in [0.2, 0.25) is 4.96 Å². The zero-order chi connectivity index (χ0) is 17.6. The molecule has 0 unspecified atom stereocenters. The third-order valence-corrected chi connectivity index (χ3v) is 5.75. The van der Waals surface area contributed by atoms with Gasteiger partial charge in [0.25, 0.3) is 5.56 Å². The minimum atomic E-state index is -0.226. The van der Waals surface area contributed by atoms with Gasteiger partial charge in [-0.1, -0.05) is 70.4 Å². The van der Waals surface area contributed by atoms with Crippen molar-refractivity contribution >= 4 is 57.2 Å². The second-order valence-corrected chi connectivity index (χ2v) is 7.38. The molecule has 0 radical (unpaired) electrons. The van der Waals surface area contributed by atoms with E-state index in [4.69, 9.17) is 34.8 Å². The Bertz CT molecular complexity index is 1220. The number of aromatic nitrogens is 3. The van der Waals surface area contributed by atoms with Crippen LogP contribution in [0.2, 0.25) is 15.1 Å². The van der Waals surface area contributed by atoms with Crippen molar-refractivity contribution in [2.45, 2.75) is 0 Å². The number of nitrogens with zero attached hydrogens (tertiary/aromatic N) is 3. The molecule has 0 spiro atoms. The molecule has 2 aromatic carbocycles. The second-order valence-electron chi connectivity index (χ2n) is 5.18. The molecule has 0 aliphatic heterocycles. The zero-order valence-corrected chi connectivity index (χ0v) is 15.5. The summed E-state index contributed by atoms with van der Waals surface area (Å²) in [6.45, 7) is 0. The molecule has 0 amide bonds. The van der Waals surface area contributed by atoms with Crippen LogP contribution < -0.4 is 10.1 Å². The van der Waals surface area contributed by atoms with Gasteiger partial charge in [-0.25, -0.2) is 4.40 Å². The van der Waals surface area contributed by atoms with E-state index in [1.165, 1.54) is 15.7 Å². The molecular weight excluding hydrogens is 401 g/mol. The number of hydrogen-bond acceptors (Lipinski definition) is 4. The summed E-state index contributed by atoms with van der Waals surface area (Å²) in [5, 5.41) is 9.54. The van der Waals surface area contributed by atoms with Gasteiger partial charge in [-0.3, -0.25) is 4.79 Å². The molecule has 0 fully saturated rings. The summed E-state index contributed by atoms with van der Waals surface area (Å²) in [7, 11) is 0. The highest BCUT2D eigenvalue weighted by atomic mass is 35.5. The fourth-order valence-electron chi connectivity index (χ4n) is 2.45. The molecule has 0 aliphatic carbocycles. The van der Waals surface area contributed by atoms with Crippen LogP contribution in [-0.4, -0.2) is 14.6 Å². The van der Waals surface area contributed by atoms with Gasteiger partial charge in [0.15, 0.2) is 5.82 Å². The first-order valence-corrected chi connectivity index (χ1v) is 9.10. The van der Waals surface area contributed by atoms with Gasteiger partial charge in [0.05, 0.1) is 19.6 Å². The molecule has 25 heavy (non-hydrogen) atoms. The Balaban J connectivity index is 1.96. The van der Waals surface area contributed by atoms with Gasteiger partial charge >= 0.3 is 0 Å². The lowest BCUT2D eigenvalue weighted by Gasteiger charge is -1.99. The number of rotatable bonds is 2. The standard InChI is InChI=1S/C17H8Cl3N3OS/c18-11-6-2-1-5-10(11)15-21-22-17-23(15)16(24)13(25-17)8-9-4-3-7-12(19)14(9)20/h1-8H/b13-8-. The van der Waals surface area contributed by atoms with Crippen molar-refractivity contribution in [1.29, 1.82) is 0 Å². The first kappa shape index (κ1) is 16.5. The van der Waals surface area contributed by atoms with Crippen LogP contribution in [0.4, 0.5) is 0 Å². The third-order valence-electron chi connectivity index (χ3n) is 3.63. The van der Waals surface area contributed by atoms with E-state index in [0.717, 1.165) is 0 Å². The van der Waals surface area contributed by atoms with Crippen LogP contribution in [0.5, 0.6) is 0 Å². The molecule has 2 heterocycles. The summed E-state index contributed by atoms with van der Waals surface area (Å²) in [6, 6.07) is 12.5.